The molecule has 0 aliphatic rings. The molecule has 1 atom stereocenters. The molecule has 0 amide bonds. The van der Waals surface area contributed by atoms with Crippen LogP contribution in [0.25, 0.3) is 0 Å². The number of hydrogen-bond donors (Lipinski definition) is 2. The highest BCUT2D eigenvalue weighted by molar-refractivity contribution is 9.10. The van der Waals surface area contributed by atoms with Crippen LogP contribution in [0.15, 0.2) is 45.5 Å². The maximum atomic E-state index is 13.1. The summed E-state index contributed by atoms with van der Waals surface area (Å²) >= 11 is 3.14. The smallest absolute Gasteiger partial charge is 0.137 e. The van der Waals surface area contributed by atoms with Crippen molar-refractivity contribution >= 4 is 15.9 Å². The Kier molecular flexibility index (Phi) is 4.39. The molecule has 1 heterocycles. The lowest BCUT2D eigenvalue weighted by molar-refractivity contribution is 0.0340. The molecule has 3 nitrogen and oxygen atoms in total. The number of nitrogens with one attached hydrogen (secondary N) is 1. The van der Waals surface area contributed by atoms with Crippen LogP contribution in [0, 0.1) is 5.82 Å². The molecule has 0 bridgehead atoms. The van der Waals surface area contributed by atoms with Gasteiger partial charge in [-0.05, 0) is 52.7 Å². The summed E-state index contributed by atoms with van der Waals surface area (Å²) in [6.45, 7) is 2.56. The minimum atomic E-state index is -1.07. The summed E-state index contributed by atoms with van der Waals surface area (Å²) in [5.41, 5.74) is -0.135. The van der Waals surface area contributed by atoms with Gasteiger partial charge in [-0.15, -0.1) is 0 Å². The summed E-state index contributed by atoms with van der Waals surface area (Å²) in [6, 6.07) is 8.29. The quantitative estimate of drug-likeness (QED) is 0.886. The fourth-order valence-electron chi connectivity index (χ4n) is 1.77. The van der Waals surface area contributed by atoms with Gasteiger partial charge in [-0.25, -0.2) is 4.39 Å². The molecule has 0 aliphatic heterocycles. The molecule has 0 fully saturated rings. The van der Waals surface area contributed by atoms with E-state index in [1.165, 1.54) is 12.3 Å². The van der Waals surface area contributed by atoms with Crippen molar-refractivity contribution in [2.75, 3.05) is 6.54 Å². The number of rotatable bonds is 5. The van der Waals surface area contributed by atoms with Gasteiger partial charge in [-0.1, -0.05) is 6.07 Å². The predicted octanol–water partition coefficient (Wildman–Crippen LogP) is 3.18. The maximum Gasteiger partial charge on any atom is 0.137 e. The summed E-state index contributed by atoms with van der Waals surface area (Å²) in [5.74, 6) is 0.228. The molecule has 0 spiro atoms. The van der Waals surface area contributed by atoms with E-state index in [2.05, 4.69) is 21.2 Å². The molecule has 5 heteroatoms. The van der Waals surface area contributed by atoms with Crippen molar-refractivity contribution in [3.8, 4) is 0 Å². The molecule has 0 saturated carbocycles. The summed E-state index contributed by atoms with van der Waals surface area (Å²) in [4.78, 5) is 0. The van der Waals surface area contributed by atoms with Crippen molar-refractivity contribution in [3.05, 3.63) is 58.2 Å². The Labute approximate surface area is 119 Å². The lowest BCUT2D eigenvalue weighted by atomic mass is 10.0. The van der Waals surface area contributed by atoms with Gasteiger partial charge in [0, 0.05) is 13.1 Å². The van der Waals surface area contributed by atoms with Crippen LogP contribution in [0.5, 0.6) is 0 Å². The summed E-state index contributed by atoms with van der Waals surface area (Å²) in [7, 11) is 0. The van der Waals surface area contributed by atoms with Crippen LogP contribution in [0.3, 0.4) is 0 Å². The van der Waals surface area contributed by atoms with Crippen LogP contribution in [0.1, 0.15) is 18.2 Å². The Morgan fingerprint density at radius 2 is 2.21 bits per heavy atom. The highest BCUT2D eigenvalue weighted by Crippen LogP contribution is 2.20. The van der Waals surface area contributed by atoms with E-state index in [1.54, 1.807) is 31.2 Å². The van der Waals surface area contributed by atoms with Gasteiger partial charge >= 0.3 is 0 Å². The molecule has 0 aliphatic carbocycles. The second-order valence-corrected chi connectivity index (χ2v) is 5.46. The standard InChI is InChI=1S/C14H15BrFNO2/c1-14(18,13-3-2-6-19-13)9-17-8-10-4-5-12(16)11(15)7-10/h2-7,17-18H,8-9H2,1H3. The molecule has 2 rings (SSSR count). The monoisotopic (exact) mass is 327 g/mol. The van der Waals surface area contributed by atoms with E-state index >= 15 is 0 Å². The van der Waals surface area contributed by atoms with E-state index in [4.69, 9.17) is 4.42 Å². The first-order chi connectivity index (χ1) is 8.99. The lowest BCUT2D eigenvalue weighted by Gasteiger charge is -2.21. The minimum Gasteiger partial charge on any atom is -0.466 e. The predicted molar refractivity (Wildman–Crippen MR) is 74.1 cm³/mol. The number of halogens is 2. The lowest BCUT2D eigenvalue weighted by Crippen LogP contribution is -2.34. The second-order valence-electron chi connectivity index (χ2n) is 4.60. The van der Waals surface area contributed by atoms with Gasteiger partial charge in [0.1, 0.15) is 17.2 Å². The molecule has 2 N–H and O–H groups in total. The number of hydrogen-bond acceptors (Lipinski definition) is 3. The fraction of sp³-hybridized carbons (Fsp3) is 0.286. The fourth-order valence-corrected chi connectivity index (χ4v) is 2.20. The van der Waals surface area contributed by atoms with Crippen LogP contribution in [-0.4, -0.2) is 11.7 Å². The normalized spacial score (nSPS) is 14.3. The topological polar surface area (TPSA) is 45.4 Å². The zero-order valence-corrected chi connectivity index (χ0v) is 12.1. The number of aliphatic hydroxyl groups is 1. The highest BCUT2D eigenvalue weighted by Gasteiger charge is 2.25. The highest BCUT2D eigenvalue weighted by atomic mass is 79.9. The average Bonchev–Trinajstić information content (AvgIpc) is 2.88. The van der Waals surface area contributed by atoms with Crippen molar-refractivity contribution in [2.24, 2.45) is 0 Å². The van der Waals surface area contributed by atoms with Gasteiger partial charge in [0.25, 0.3) is 0 Å². The van der Waals surface area contributed by atoms with Crippen molar-refractivity contribution < 1.29 is 13.9 Å². The third-order valence-corrected chi connectivity index (χ3v) is 3.44. The maximum absolute atomic E-state index is 13.1. The van der Waals surface area contributed by atoms with Gasteiger partial charge in [-0.3, -0.25) is 0 Å². The van der Waals surface area contributed by atoms with Crippen molar-refractivity contribution in [2.45, 2.75) is 19.1 Å². The van der Waals surface area contributed by atoms with Gasteiger partial charge in [0.05, 0.1) is 10.7 Å². The molecular formula is C14H15BrFNO2. The van der Waals surface area contributed by atoms with Gasteiger partial charge in [0.15, 0.2) is 0 Å². The molecule has 1 unspecified atom stereocenters. The third-order valence-electron chi connectivity index (χ3n) is 2.83. The molecule has 2 aromatic rings. The van der Waals surface area contributed by atoms with Crippen molar-refractivity contribution in [3.63, 3.8) is 0 Å². The molecule has 1 aromatic heterocycles. The Hall–Kier alpha value is -1.17. The first kappa shape index (κ1) is 14.2. The van der Waals surface area contributed by atoms with E-state index in [1.807, 2.05) is 0 Å². The molecule has 0 saturated heterocycles. The van der Waals surface area contributed by atoms with E-state index < -0.39 is 5.60 Å². The largest absolute Gasteiger partial charge is 0.466 e. The summed E-state index contributed by atoms with van der Waals surface area (Å²) < 4.78 is 18.7. The van der Waals surface area contributed by atoms with Gasteiger partial charge in [-0.2, -0.15) is 0 Å². The first-order valence-corrected chi connectivity index (χ1v) is 6.69. The van der Waals surface area contributed by atoms with Crippen LogP contribution < -0.4 is 5.32 Å². The van der Waals surface area contributed by atoms with Gasteiger partial charge in [0.2, 0.25) is 0 Å². The Morgan fingerprint density at radius 3 is 2.84 bits per heavy atom. The van der Waals surface area contributed by atoms with E-state index in [9.17, 15) is 9.50 Å². The molecule has 19 heavy (non-hydrogen) atoms. The summed E-state index contributed by atoms with van der Waals surface area (Å²) in [5, 5.41) is 13.3. The Bertz CT molecular complexity index is 540. The molecule has 102 valence electrons. The van der Waals surface area contributed by atoms with E-state index in [-0.39, 0.29) is 5.82 Å². The number of furan rings is 1. The van der Waals surface area contributed by atoms with Crippen LogP contribution in [-0.2, 0) is 12.1 Å². The second kappa shape index (κ2) is 5.86. The molecule has 0 radical (unpaired) electrons. The third kappa shape index (κ3) is 3.65. The molecule has 1 aromatic carbocycles. The average molecular weight is 328 g/mol. The Balaban J connectivity index is 1.91. The zero-order valence-electron chi connectivity index (χ0n) is 10.5. The van der Waals surface area contributed by atoms with E-state index in [0.717, 1.165) is 5.56 Å². The van der Waals surface area contributed by atoms with Crippen LogP contribution in [0.2, 0.25) is 0 Å². The summed E-state index contributed by atoms with van der Waals surface area (Å²) in [6.07, 6.45) is 1.53. The minimum absolute atomic E-state index is 0.286. The van der Waals surface area contributed by atoms with E-state index in [0.29, 0.717) is 23.3 Å². The SMILES string of the molecule is CC(O)(CNCc1ccc(F)c(Br)c1)c1ccco1. The van der Waals surface area contributed by atoms with Crippen LogP contribution in [0.4, 0.5) is 4.39 Å². The Morgan fingerprint density at radius 1 is 1.42 bits per heavy atom. The molecular weight excluding hydrogens is 313 g/mol. The first-order valence-electron chi connectivity index (χ1n) is 5.90. The van der Waals surface area contributed by atoms with Crippen LogP contribution >= 0.6 is 15.9 Å². The van der Waals surface area contributed by atoms with Crippen molar-refractivity contribution in [1.29, 1.82) is 0 Å². The van der Waals surface area contributed by atoms with Crippen molar-refractivity contribution in [1.82, 2.24) is 5.32 Å². The number of benzene rings is 1. The van der Waals surface area contributed by atoms with Gasteiger partial charge < -0.3 is 14.8 Å². The zero-order chi connectivity index (χ0) is 13.9.